The molecule has 0 saturated carbocycles. The average Bonchev–Trinajstić information content (AvgIpc) is 2.35. The van der Waals surface area contributed by atoms with E-state index in [0.717, 1.165) is 3.57 Å². The van der Waals surface area contributed by atoms with Gasteiger partial charge in [-0.25, -0.2) is 0 Å². The fraction of sp³-hybridized carbons (Fsp3) is 0.417. The molecule has 0 aliphatic heterocycles. The summed E-state index contributed by atoms with van der Waals surface area (Å²) in [5.41, 5.74) is 0. The number of halogens is 1. The highest BCUT2D eigenvalue weighted by molar-refractivity contribution is 14.1. The Hall–Kier alpha value is -0.820. The number of hydrogen-bond acceptors (Lipinski definition) is 3. The van der Waals surface area contributed by atoms with Crippen LogP contribution in [0.1, 0.15) is 6.92 Å². The van der Waals surface area contributed by atoms with Crippen LogP contribution in [0.2, 0.25) is 0 Å². The Labute approximate surface area is 115 Å². The van der Waals surface area contributed by atoms with Gasteiger partial charge in [0.15, 0.2) is 6.61 Å². The van der Waals surface area contributed by atoms with Gasteiger partial charge < -0.3 is 14.7 Å². The molecule has 94 valence electrons. The molecule has 0 aromatic heterocycles. The van der Waals surface area contributed by atoms with E-state index in [2.05, 4.69) is 22.6 Å². The third-order valence-corrected chi connectivity index (χ3v) is 3.00. The molecular weight excluding hydrogens is 333 g/mol. The summed E-state index contributed by atoms with van der Waals surface area (Å²) in [5, 5.41) is 8.80. The van der Waals surface area contributed by atoms with Gasteiger partial charge in [-0.05, 0) is 53.8 Å². The van der Waals surface area contributed by atoms with Crippen molar-refractivity contribution >= 4 is 28.5 Å². The maximum Gasteiger partial charge on any atom is 0.260 e. The van der Waals surface area contributed by atoms with Crippen LogP contribution < -0.4 is 4.74 Å². The van der Waals surface area contributed by atoms with Gasteiger partial charge in [-0.15, -0.1) is 0 Å². The van der Waals surface area contributed by atoms with E-state index in [-0.39, 0.29) is 19.1 Å². The molecule has 1 N–H and O–H groups in total. The second-order valence-electron chi connectivity index (χ2n) is 3.44. The van der Waals surface area contributed by atoms with E-state index in [0.29, 0.717) is 18.8 Å². The number of likely N-dealkylation sites (N-methyl/N-ethyl adjacent to an activating group) is 1. The zero-order valence-corrected chi connectivity index (χ0v) is 11.9. The first kappa shape index (κ1) is 14.2. The average molecular weight is 349 g/mol. The molecular formula is C12H16INO3. The molecule has 1 aromatic rings. The highest BCUT2D eigenvalue weighted by atomic mass is 127. The van der Waals surface area contributed by atoms with E-state index in [1.165, 1.54) is 0 Å². The number of aliphatic hydroxyl groups excluding tert-OH is 1. The molecule has 0 spiro atoms. The molecule has 0 atom stereocenters. The highest BCUT2D eigenvalue weighted by Crippen LogP contribution is 2.13. The molecule has 4 nitrogen and oxygen atoms in total. The maximum absolute atomic E-state index is 11.7. The maximum atomic E-state index is 11.7. The van der Waals surface area contributed by atoms with Crippen LogP contribution in [0.3, 0.4) is 0 Å². The van der Waals surface area contributed by atoms with Crippen molar-refractivity contribution in [2.75, 3.05) is 26.3 Å². The number of ether oxygens (including phenoxy) is 1. The number of nitrogens with zero attached hydrogens (tertiary/aromatic N) is 1. The lowest BCUT2D eigenvalue weighted by molar-refractivity contribution is -0.133. The Balaban J connectivity index is 2.44. The highest BCUT2D eigenvalue weighted by Gasteiger charge is 2.11. The first-order chi connectivity index (χ1) is 8.17. The van der Waals surface area contributed by atoms with Crippen molar-refractivity contribution in [2.45, 2.75) is 6.92 Å². The Bertz CT molecular complexity index is 353. The van der Waals surface area contributed by atoms with Gasteiger partial charge in [0.2, 0.25) is 0 Å². The zero-order valence-electron chi connectivity index (χ0n) is 9.73. The fourth-order valence-corrected chi connectivity index (χ4v) is 1.71. The Morgan fingerprint density at radius 3 is 2.59 bits per heavy atom. The molecule has 17 heavy (non-hydrogen) atoms. The second kappa shape index (κ2) is 7.50. The summed E-state index contributed by atoms with van der Waals surface area (Å²) in [6.45, 7) is 2.79. The SMILES string of the molecule is CCN(CCO)C(=O)COc1ccc(I)cc1. The van der Waals surface area contributed by atoms with Crippen molar-refractivity contribution in [3.63, 3.8) is 0 Å². The normalized spacial score (nSPS) is 10.1. The molecule has 0 saturated heterocycles. The van der Waals surface area contributed by atoms with Crippen LogP contribution in [0.25, 0.3) is 0 Å². The quantitative estimate of drug-likeness (QED) is 0.793. The lowest BCUT2D eigenvalue weighted by Crippen LogP contribution is -2.36. The van der Waals surface area contributed by atoms with Gasteiger partial charge in [-0.1, -0.05) is 0 Å². The lowest BCUT2D eigenvalue weighted by atomic mass is 10.3. The van der Waals surface area contributed by atoms with Crippen LogP contribution >= 0.6 is 22.6 Å². The minimum Gasteiger partial charge on any atom is -0.484 e. The van der Waals surface area contributed by atoms with Gasteiger partial charge in [0, 0.05) is 16.7 Å². The lowest BCUT2D eigenvalue weighted by Gasteiger charge is -2.19. The van der Waals surface area contributed by atoms with Crippen LogP contribution in [0.5, 0.6) is 5.75 Å². The molecule has 5 heteroatoms. The van der Waals surface area contributed by atoms with Crippen molar-refractivity contribution in [3.8, 4) is 5.75 Å². The minimum absolute atomic E-state index is 0.00837. The third kappa shape index (κ3) is 4.91. The number of amides is 1. The molecule has 1 amide bonds. The van der Waals surface area contributed by atoms with Gasteiger partial charge in [0.1, 0.15) is 5.75 Å². The van der Waals surface area contributed by atoms with Crippen LogP contribution in [0, 0.1) is 3.57 Å². The summed E-state index contributed by atoms with van der Waals surface area (Å²) in [7, 11) is 0. The van der Waals surface area contributed by atoms with E-state index in [1.807, 2.05) is 31.2 Å². The van der Waals surface area contributed by atoms with Gasteiger partial charge in [0.25, 0.3) is 5.91 Å². The fourth-order valence-electron chi connectivity index (χ4n) is 1.35. The number of benzene rings is 1. The summed E-state index contributed by atoms with van der Waals surface area (Å²) in [6.07, 6.45) is 0. The standard InChI is InChI=1S/C12H16INO3/c1-2-14(7-8-15)12(16)9-17-11-5-3-10(13)4-6-11/h3-6,15H,2,7-9H2,1H3. The number of aliphatic hydroxyl groups is 1. The Morgan fingerprint density at radius 1 is 1.41 bits per heavy atom. The largest absolute Gasteiger partial charge is 0.484 e. The Kier molecular flexibility index (Phi) is 6.28. The minimum atomic E-state index is -0.111. The van der Waals surface area contributed by atoms with Gasteiger partial charge in [-0.2, -0.15) is 0 Å². The van der Waals surface area contributed by atoms with E-state index in [4.69, 9.17) is 9.84 Å². The second-order valence-corrected chi connectivity index (χ2v) is 4.69. The summed E-state index contributed by atoms with van der Waals surface area (Å²) in [4.78, 5) is 13.3. The monoisotopic (exact) mass is 349 g/mol. The van der Waals surface area contributed by atoms with E-state index in [1.54, 1.807) is 4.90 Å². The van der Waals surface area contributed by atoms with Crippen molar-refractivity contribution in [3.05, 3.63) is 27.8 Å². The predicted octanol–water partition coefficient (Wildman–Crippen LogP) is 1.51. The van der Waals surface area contributed by atoms with Crippen LogP contribution in [-0.2, 0) is 4.79 Å². The van der Waals surface area contributed by atoms with E-state index < -0.39 is 0 Å². The van der Waals surface area contributed by atoms with Gasteiger partial charge in [0.05, 0.1) is 6.61 Å². The molecule has 1 aromatic carbocycles. The molecule has 0 heterocycles. The molecule has 0 aliphatic carbocycles. The smallest absolute Gasteiger partial charge is 0.260 e. The van der Waals surface area contributed by atoms with Crippen molar-refractivity contribution in [1.29, 1.82) is 0 Å². The predicted molar refractivity (Wildman–Crippen MR) is 74.0 cm³/mol. The van der Waals surface area contributed by atoms with E-state index >= 15 is 0 Å². The first-order valence-corrected chi connectivity index (χ1v) is 6.52. The molecule has 0 unspecified atom stereocenters. The molecule has 0 fully saturated rings. The molecule has 1 rings (SSSR count). The number of rotatable bonds is 6. The van der Waals surface area contributed by atoms with Crippen LogP contribution in [0.4, 0.5) is 0 Å². The van der Waals surface area contributed by atoms with Crippen LogP contribution in [0.15, 0.2) is 24.3 Å². The first-order valence-electron chi connectivity index (χ1n) is 5.44. The molecule has 0 radical (unpaired) electrons. The number of carbonyl (C=O) groups excluding carboxylic acids is 1. The summed E-state index contributed by atoms with van der Waals surface area (Å²) in [6, 6.07) is 7.51. The molecule has 0 bridgehead atoms. The van der Waals surface area contributed by atoms with Crippen molar-refractivity contribution in [2.24, 2.45) is 0 Å². The molecule has 0 aliphatic rings. The summed E-state index contributed by atoms with van der Waals surface area (Å²) < 4.78 is 6.50. The van der Waals surface area contributed by atoms with E-state index in [9.17, 15) is 4.79 Å². The van der Waals surface area contributed by atoms with Gasteiger partial charge in [-0.3, -0.25) is 4.79 Å². The van der Waals surface area contributed by atoms with Crippen molar-refractivity contribution in [1.82, 2.24) is 4.90 Å². The number of carbonyl (C=O) groups is 1. The van der Waals surface area contributed by atoms with Crippen LogP contribution in [-0.4, -0.2) is 42.2 Å². The topological polar surface area (TPSA) is 49.8 Å². The zero-order chi connectivity index (χ0) is 12.7. The van der Waals surface area contributed by atoms with Gasteiger partial charge >= 0.3 is 0 Å². The number of hydrogen-bond donors (Lipinski definition) is 1. The Morgan fingerprint density at radius 2 is 2.06 bits per heavy atom. The summed E-state index contributed by atoms with van der Waals surface area (Å²) in [5.74, 6) is 0.568. The third-order valence-electron chi connectivity index (χ3n) is 2.28. The summed E-state index contributed by atoms with van der Waals surface area (Å²) >= 11 is 2.21. The van der Waals surface area contributed by atoms with Crippen molar-refractivity contribution < 1.29 is 14.6 Å².